The number of benzene rings is 1. The minimum Gasteiger partial charge on any atom is -0.477 e. The van der Waals surface area contributed by atoms with Gasteiger partial charge in [0.1, 0.15) is 5.73 Å². The molecule has 0 spiro atoms. The molecule has 2 heterocycles. The number of carboxylic acid groups (broad SMARTS) is 1. The van der Waals surface area contributed by atoms with Gasteiger partial charge in [0.05, 0.1) is 11.2 Å². The number of hydrogen-bond donors (Lipinski definition) is 2. The zero-order chi connectivity index (χ0) is 21.4. The molecule has 9 heteroatoms. The number of hydrogen-bond acceptors (Lipinski definition) is 6. The average Bonchev–Trinajstić information content (AvgIpc) is 2.88. The van der Waals surface area contributed by atoms with E-state index in [-0.39, 0.29) is 11.6 Å². The zero-order valence-electron chi connectivity index (χ0n) is 17.0. The number of carboxylic acids is 1. The quantitative estimate of drug-likeness (QED) is 0.726. The number of carbonyl (C=O) groups is 1. The van der Waals surface area contributed by atoms with Gasteiger partial charge in [0.25, 0.3) is 0 Å². The maximum atomic E-state index is 15.1. The van der Waals surface area contributed by atoms with Gasteiger partial charge < -0.3 is 19.7 Å². The van der Waals surface area contributed by atoms with E-state index in [1.165, 1.54) is 12.3 Å². The Kier molecular flexibility index (Phi) is 5.47. The third-order valence-electron chi connectivity index (χ3n) is 5.24. The molecule has 152 valence electrons. The third kappa shape index (κ3) is 4.30. The van der Waals surface area contributed by atoms with E-state index in [9.17, 15) is 4.79 Å². The van der Waals surface area contributed by atoms with Crippen molar-refractivity contribution in [3.05, 3.63) is 53.5 Å². The Morgan fingerprint density at radius 3 is 2.45 bits per heavy atom. The maximum Gasteiger partial charge on any atom is 0.525 e. The van der Waals surface area contributed by atoms with Crippen molar-refractivity contribution in [1.29, 1.82) is 0 Å². The Labute approximate surface area is 169 Å². The minimum absolute atomic E-state index is 0.124. The van der Waals surface area contributed by atoms with Crippen molar-refractivity contribution in [3.63, 3.8) is 0 Å². The first-order valence-electron chi connectivity index (χ1n) is 9.16. The molecule has 0 aliphatic carbocycles. The van der Waals surface area contributed by atoms with E-state index < -0.39 is 30.0 Å². The van der Waals surface area contributed by atoms with E-state index in [1.54, 1.807) is 31.2 Å². The van der Waals surface area contributed by atoms with Gasteiger partial charge in [-0.05, 0) is 64.0 Å². The summed E-state index contributed by atoms with van der Waals surface area (Å²) < 4.78 is 26.7. The molecule has 0 atom stereocenters. The Morgan fingerprint density at radius 1 is 1.17 bits per heavy atom. The van der Waals surface area contributed by atoms with Crippen LogP contribution in [-0.4, -0.2) is 39.4 Å². The number of halogens is 1. The fourth-order valence-corrected chi connectivity index (χ4v) is 2.76. The van der Waals surface area contributed by atoms with Gasteiger partial charge in [-0.2, -0.15) is 0 Å². The molecule has 0 radical (unpaired) electrons. The summed E-state index contributed by atoms with van der Waals surface area (Å²) in [6, 6.07) is 8.29. The van der Waals surface area contributed by atoms with E-state index >= 15 is 4.39 Å². The van der Waals surface area contributed by atoms with Crippen LogP contribution in [0.1, 0.15) is 50.7 Å². The van der Waals surface area contributed by atoms with Gasteiger partial charge in [0.15, 0.2) is 5.69 Å². The molecule has 1 aliphatic rings. The molecule has 0 unspecified atom stereocenters. The van der Waals surface area contributed by atoms with Crippen LogP contribution in [0.25, 0.3) is 5.57 Å². The third-order valence-corrected chi connectivity index (χ3v) is 5.24. The molecule has 2 N–H and O–H groups in total. The molecule has 0 saturated carbocycles. The smallest absolute Gasteiger partial charge is 0.477 e. The van der Waals surface area contributed by atoms with Crippen LogP contribution < -0.4 is 5.32 Å². The molecule has 1 aliphatic heterocycles. The highest BCUT2D eigenvalue weighted by Crippen LogP contribution is 2.40. The molecule has 7 nitrogen and oxygen atoms in total. The number of nitrogens with zero attached hydrogens (tertiary/aromatic N) is 2. The van der Waals surface area contributed by atoms with Crippen molar-refractivity contribution in [1.82, 2.24) is 9.97 Å². The molecule has 0 bridgehead atoms. The summed E-state index contributed by atoms with van der Waals surface area (Å²) in [5, 5.41) is 12.0. The maximum absolute atomic E-state index is 15.1. The number of aromatic nitrogens is 2. The van der Waals surface area contributed by atoms with E-state index in [2.05, 4.69) is 15.3 Å². The highest BCUT2D eigenvalue weighted by Gasteiger charge is 2.53. The van der Waals surface area contributed by atoms with E-state index in [0.717, 1.165) is 0 Å². The second-order valence-corrected chi connectivity index (χ2v) is 7.84. The zero-order valence-corrected chi connectivity index (χ0v) is 17.0. The van der Waals surface area contributed by atoms with Crippen LogP contribution in [0.3, 0.4) is 0 Å². The van der Waals surface area contributed by atoms with Crippen LogP contribution in [0.4, 0.5) is 16.0 Å². The number of anilines is 2. The molecule has 1 saturated heterocycles. The van der Waals surface area contributed by atoms with Gasteiger partial charge in [-0.25, -0.2) is 19.2 Å². The summed E-state index contributed by atoms with van der Waals surface area (Å²) in [6.07, 6.45) is 1.35. The van der Waals surface area contributed by atoms with Gasteiger partial charge >= 0.3 is 13.1 Å². The van der Waals surface area contributed by atoms with Crippen LogP contribution in [0.5, 0.6) is 0 Å². The average molecular weight is 399 g/mol. The van der Waals surface area contributed by atoms with Crippen molar-refractivity contribution in [3.8, 4) is 0 Å². The summed E-state index contributed by atoms with van der Waals surface area (Å²) in [5.41, 5.74) is -0.294. The fraction of sp³-hybridized carbons (Fsp3) is 0.350. The van der Waals surface area contributed by atoms with Gasteiger partial charge in [-0.3, -0.25) is 0 Å². The Balaban J connectivity index is 1.84. The lowest BCUT2D eigenvalue weighted by Crippen LogP contribution is -2.41. The van der Waals surface area contributed by atoms with Gasteiger partial charge in [0.2, 0.25) is 5.95 Å². The van der Waals surface area contributed by atoms with Crippen LogP contribution in [0.2, 0.25) is 0 Å². The first kappa shape index (κ1) is 20.9. The fourth-order valence-electron chi connectivity index (χ4n) is 2.76. The summed E-state index contributed by atoms with van der Waals surface area (Å²) in [6.45, 7) is 9.12. The molecule has 1 aromatic carbocycles. The van der Waals surface area contributed by atoms with Crippen LogP contribution in [0.15, 0.2) is 42.3 Å². The first-order valence-corrected chi connectivity index (χ1v) is 9.16. The van der Waals surface area contributed by atoms with Gasteiger partial charge in [-0.15, -0.1) is 0 Å². The lowest BCUT2D eigenvalue weighted by atomic mass is 9.83. The molecular formula is C20H23BFN3O4. The van der Waals surface area contributed by atoms with E-state index in [0.29, 0.717) is 16.8 Å². The predicted octanol–water partition coefficient (Wildman–Crippen LogP) is 4.25. The number of rotatable bonds is 5. The van der Waals surface area contributed by atoms with Crippen LogP contribution in [-0.2, 0) is 9.31 Å². The lowest BCUT2D eigenvalue weighted by Gasteiger charge is -2.32. The van der Waals surface area contributed by atoms with E-state index in [1.807, 2.05) is 27.7 Å². The Morgan fingerprint density at radius 2 is 1.83 bits per heavy atom. The van der Waals surface area contributed by atoms with Crippen molar-refractivity contribution in [2.45, 2.75) is 45.8 Å². The highest BCUT2D eigenvalue weighted by atomic mass is 19.1. The van der Waals surface area contributed by atoms with Crippen molar-refractivity contribution >= 4 is 30.3 Å². The molecule has 0 amide bonds. The van der Waals surface area contributed by atoms with Crippen LogP contribution >= 0.6 is 0 Å². The standard InChI is InChI=1S/C20H23BFN3O4/c1-12(16(22)21-28-19(2,3)20(4,5)29-21)13-7-6-8-14(11-13)24-18-23-10-9-15(25-18)17(26)27/h6-11H,1-5H3,(H,26,27)(H,23,24,25). The summed E-state index contributed by atoms with van der Waals surface area (Å²) >= 11 is 0. The lowest BCUT2D eigenvalue weighted by molar-refractivity contribution is 0.00578. The molecular weight excluding hydrogens is 376 g/mol. The molecule has 29 heavy (non-hydrogen) atoms. The van der Waals surface area contributed by atoms with Crippen molar-refractivity contribution in [2.75, 3.05) is 5.32 Å². The van der Waals surface area contributed by atoms with Gasteiger partial charge in [0, 0.05) is 11.9 Å². The molecule has 3 rings (SSSR count). The summed E-state index contributed by atoms with van der Waals surface area (Å²) in [7, 11) is -1.08. The summed E-state index contributed by atoms with van der Waals surface area (Å²) in [4.78, 5) is 19.0. The first-order chi connectivity index (χ1) is 13.5. The number of nitrogens with one attached hydrogen (secondary N) is 1. The Hall–Kier alpha value is -2.78. The minimum atomic E-state index is -1.15. The normalized spacial score (nSPS) is 18.3. The van der Waals surface area contributed by atoms with Crippen molar-refractivity contribution < 1.29 is 23.6 Å². The second-order valence-electron chi connectivity index (χ2n) is 7.84. The second kappa shape index (κ2) is 7.57. The van der Waals surface area contributed by atoms with E-state index in [4.69, 9.17) is 14.4 Å². The predicted molar refractivity (Wildman–Crippen MR) is 109 cm³/mol. The highest BCUT2D eigenvalue weighted by molar-refractivity contribution is 6.55. The van der Waals surface area contributed by atoms with Gasteiger partial charge in [-0.1, -0.05) is 12.1 Å². The topological polar surface area (TPSA) is 93.6 Å². The Bertz CT molecular complexity index is 962. The monoisotopic (exact) mass is 399 g/mol. The molecule has 1 fully saturated rings. The molecule has 1 aromatic heterocycles. The van der Waals surface area contributed by atoms with Crippen LogP contribution in [0, 0.1) is 0 Å². The summed E-state index contributed by atoms with van der Waals surface area (Å²) in [5.74, 6) is -1.01. The molecule has 2 aromatic rings. The largest absolute Gasteiger partial charge is 0.525 e. The number of aromatic carboxylic acids is 1. The SMILES string of the molecule is CC(=C(F)B1OC(C)(C)C(C)(C)O1)c1cccc(Nc2nccc(C(=O)O)n2)c1. The number of allylic oxidation sites excluding steroid dienone is 1. The van der Waals surface area contributed by atoms with Crippen molar-refractivity contribution in [2.24, 2.45) is 0 Å².